The van der Waals surface area contributed by atoms with Gasteiger partial charge in [0.25, 0.3) is 11.8 Å². The molecule has 1 fully saturated rings. The van der Waals surface area contributed by atoms with Crippen LogP contribution in [0, 0.1) is 0 Å². The van der Waals surface area contributed by atoms with Gasteiger partial charge in [0.15, 0.2) is 0 Å². The third-order valence-electron chi connectivity index (χ3n) is 6.01. The van der Waals surface area contributed by atoms with Crippen molar-refractivity contribution in [3.05, 3.63) is 34.7 Å². The van der Waals surface area contributed by atoms with E-state index in [1.54, 1.807) is 26.8 Å². The van der Waals surface area contributed by atoms with Gasteiger partial charge in [0.05, 0.1) is 82.3 Å². The topological polar surface area (TPSA) is 185 Å². The number of anilines is 1. The number of piperidine rings is 1. The van der Waals surface area contributed by atoms with E-state index in [1.807, 2.05) is 0 Å². The molecule has 0 saturated carbocycles. The van der Waals surface area contributed by atoms with E-state index in [0.717, 1.165) is 4.90 Å². The fourth-order valence-electron chi connectivity index (χ4n) is 4.09. The summed E-state index contributed by atoms with van der Waals surface area (Å²) in [4.78, 5) is 55.0. The number of hydrogen-bond donors (Lipinski definition) is 3. The van der Waals surface area contributed by atoms with Crippen LogP contribution >= 0.6 is 0 Å². The molecule has 15 heteroatoms. The van der Waals surface area contributed by atoms with E-state index in [4.69, 9.17) is 28.5 Å². The molecule has 0 radical (unpaired) electrons. The van der Waals surface area contributed by atoms with Crippen LogP contribution in [0.4, 0.5) is 10.5 Å². The number of benzene rings is 1. The predicted molar refractivity (Wildman–Crippen MR) is 154 cm³/mol. The van der Waals surface area contributed by atoms with E-state index in [-0.39, 0.29) is 36.5 Å². The molecule has 43 heavy (non-hydrogen) atoms. The molecule has 2 aliphatic heterocycles. The molecule has 0 bridgehead atoms. The highest BCUT2D eigenvalue weighted by Crippen LogP contribution is 2.29. The van der Waals surface area contributed by atoms with Crippen molar-refractivity contribution in [1.29, 1.82) is 0 Å². The van der Waals surface area contributed by atoms with Gasteiger partial charge in [0, 0.05) is 13.0 Å². The van der Waals surface area contributed by atoms with E-state index in [1.165, 1.54) is 12.1 Å². The highest BCUT2D eigenvalue weighted by molar-refractivity contribution is 6.24. The van der Waals surface area contributed by atoms with Crippen LogP contribution in [0.15, 0.2) is 18.2 Å². The Morgan fingerprint density at radius 1 is 0.907 bits per heavy atom. The number of rotatable bonds is 18. The lowest BCUT2D eigenvalue weighted by atomic mass is 10.0. The summed E-state index contributed by atoms with van der Waals surface area (Å²) in [7, 11) is 0. The zero-order valence-corrected chi connectivity index (χ0v) is 24.8. The van der Waals surface area contributed by atoms with Crippen molar-refractivity contribution in [1.82, 2.24) is 15.5 Å². The summed E-state index contributed by atoms with van der Waals surface area (Å²) in [5, 5.41) is 15.0. The van der Waals surface area contributed by atoms with Crippen LogP contribution < -0.4 is 16.1 Å². The smallest absolute Gasteiger partial charge is 0.407 e. The SMILES string of the molecule is CC(C)(C)OC(=O)NCCOCCOCCOCCOCCONc1ccc2c(c1)C(=O)N(C1CCC(=O)NC1=[N-])C2=O. The van der Waals surface area contributed by atoms with Crippen LogP contribution in [-0.4, -0.2) is 112 Å². The molecule has 1 saturated heterocycles. The third-order valence-corrected chi connectivity index (χ3v) is 6.01. The van der Waals surface area contributed by atoms with E-state index < -0.39 is 35.4 Å². The number of hydrogen-bond acceptors (Lipinski definition) is 11. The van der Waals surface area contributed by atoms with Crippen LogP contribution in [-0.2, 0) is 33.3 Å². The number of amidine groups is 1. The maximum absolute atomic E-state index is 12.9. The molecular weight excluding hydrogens is 566 g/mol. The minimum absolute atomic E-state index is 0.0987. The molecular formula is C28H40N5O10-. The van der Waals surface area contributed by atoms with Crippen LogP contribution in [0.1, 0.15) is 54.3 Å². The average molecular weight is 607 g/mol. The largest absolute Gasteiger partial charge is 0.467 e. The van der Waals surface area contributed by atoms with Gasteiger partial charge in [-0.2, -0.15) is 0 Å². The lowest BCUT2D eigenvalue weighted by Gasteiger charge is -2.35. The first-order valence-electron chi connectivity index (χ1n) is 14.1. The van der Waals surface area contributed by atoms with Crippen LogP contribution in [0.2, 0.25) is 0 Å². The number of carbonyl (C=O) groups excluding carboxylic acids is 4. The Kier molecular flexibility index (Phi) is 13.3. The second-order valence-electron chi connectivity index (χ2n) is 10.6. The zero-order chi connectivity index (χ0) is 31.2. The molecule has 1 aromatic rings. The summed E-state index contributed by atoms with van der Waals surface area (Å²) >= 11 is 0. The standard InChI is InChI=1S/C28H40N5O10/c1-28(2,3)43-27(37)30-8-9-38-10-11-39-12-13-40-14-15-41-16-17-42-32-19-4-5-20-21(18-19)26(36)33(25(20)35)22-6-7-23(34)31-24(22)29/h4-5,18,22H,6-17H2,1-3H3,(H3-,29,30,31,32,34,35,37)/q-1. The lowest BCUT2D eigenvalue weighted by Crippen LogP contribution is -2.53. The van der Waals surface area contributed by atoms with Gasteiger partial charge in [-0.3, -0.25) is 29.6 Å². The molecule has 3 N–H and O–H groups in total. The van der Waals surface area contributed by atoms with Crippen molar-refractivity contribution >= 4 is 35.3 Å². The molecule has 0 aliphatic carbocycles. The molecule has 0 spiro atoms. The second-order valence-corrected chi connectivity index (χ2v) is 10.6. The summed E-state index contributed by atoms with van der Waals surface area (Å²) in [5.41, 5.74) is 3.06. The Hall–Kier alpha value is -3.63. The van der Waals surface area contributed by atoms with E-state index >= 15 is 0 Å². The van der Waals surface area contributed by atoms with Crippen molar-refractivity contribution in [3.8, 4) is 0 Å². The van der Waals surface area contributed by atoms with Gasteiger partial charge in [-0.1, -0.05) is 5.84 Å². The number of amides is 4. The molecule has 15 nitrogen and oxygen atoms in total. The number of alkyl carbamates (subject to hydrolysis) is 1. The normalized spacial score (nSPS) is 16.7. The maximum atomic E-state index is 12.9. The Balaban J connectivity index is 1.16. The summed E-state index contributed by atoms with van der Waals surface area (Å²) in [6, 6.07) is 3.71. The monoisotopic (exact) mass is 606 g/mol. The molecule has 2 aliphatic rings. The molecule has 1 atom stereocenters. The van der Waals surface area contributed by atoms with Gasteiger partial charge in [-0.25, -0.2) is 4.79 Å². The number of carbonyl (C=O) groups is 4. The van der Waals surface area contributed by atoms with Crippen LogP contribution in [0.5, 0.6) is 0 Å². The number of nitrogens with zero attached hydrogens (tertiary/aromatic N) is 2. The summed E-state index contributed by atoms with van der Waals surface area (Å²) in [6.07, 6.45) is -0.220. The van der Waals surface area contributed by atoms with Crippen molar-refractivity contribution in [2.24, 2.45) is 0 Å². The highest BCUT2D eigenvalue weighted by atomic mass is 16.7. The first-order valence-corrected chi connectivity index (χ1v) is 14.1. The fraction of sp³-hybridized carbons (Fsp3) is 0.607. The minimum Gasteiger partial charge on any atom is -0.467 e. The van der Waals surface area contributed by atoms with E-state index in [9.17, 15) is 24.6 Å². The second kappa shape index (κ2) is 16.9. The van der Waals surface area contributed by atoms with Gasteiger partial charge in [-0.05, 0) is 45.4 Å². The number of ether oxygens (including phenoxy) is 5. The zero-order valence-electron chi connectivity index (χ0n) is 24.8. The number of imide groups is 1. The Morgan fingerprint density at radius 3 is 2.09 bits per heavy atom. The Labute approximate surface area is 250 Å². The lowest BCUT2D eigenvalue weighted by molar-refractivity contribution is -0.120. The molecule has 4 amide bonds. The van der Waals surface area contributed by atoms with Gasteiger partial charge >= 0.3 is 6.09 Å². The first kappa shape index (κ1) is 33.9. The van der Waals surface area contributed by atoms with Gasteiger partial charge < -0.3 is 39.7 Å². The number of nitrogens with one attached hydrogen (secondary N) is 3. The van der Waals surface area contributed by atoms with Crippen LogP contribution in [0.25, 0.3) is 5.41 Å². The Bertz CT molecular complexity index is 1140. The van der Waals surface area contributed by atoms with Crippen molar-refractivity contribution in [2.45, 2.75) is 45.3 Å². The Morgan fingerprint density at radius 2 is 1.49 bits per heavy atom. The summed E-state index contributed by atoms with van der Waals surface area (Å²) < 4.78 is 26.8. The van der Waals surface area contributed by atoms with Gasteiger partial charge in [0.1, 0.15) is 11.5 Å². The minimum atomic E-state index is -0.904. The predicted octanol–water partition coefficient (Wildman–Crippen LogP) is 1.46. The van der Waals surface area contributed by atoms with Crippen molar-refractivity contribution in [3.63, 3.8) is 0 Å². The molecule has 2 heterocycles. The van der Waals surface area contributed by atoms with Crippen molar-refractivity contribution < 1.29 is 47.7 Å². The third kappa shape index (κ3) is 11.2. The van der Waals surface area contributed by atoms with Gasteiger partial charge in [-0.15, -0.1) is 0 Å². The average Bonchev–Trinajstić information content (AvgIpc) is 3.18. The summed E-state index contributed by atoms with van der Waals surface area (Å²) in [6.45, 7) is 9.01. The van der Waals surface area contributed by atoms with Crippen molar-refractivity contribution in [2.75, 3.05) is 71.5 Å². The molecule has 0 aromatic heterocycles. The highest BCUT2D eigenvalue weighted by Gasteiger charge is 2.41. The molecule has 1 aromatic carbocycles. The summed E-state index contributed by atoms with van der Waals surface area (Å²) in [5.74, 6) is -1.85. The fourth-order valence-corrected chi connectivity index (χ4v) is 4.09. The first-order chi connectivity index (χ1) is 20.6. The number of fused-ring (bicyclic) bond motifs is 1. The van der Waals surface area contributed by atoms with Gasteiger partial charge in [0.2, 0.25) is 0 Å². The van der Waals surface area contributed by atoms with Crippen LogP contribution in [0.3, 0.4) is 0 Å². The van der Waals surface area contributed by atoms with E-state index in [2.05, 4.69) is 16.1 Å². The molecule has 1 unspecified atom stereocenters. The maximum Gasteiger partial charge on any atom is 0.407 e. The quantitative estimate of drug-likeness (QED) is 0.125. The molecule has 3 rings (SSSR count). The molecule has 238 valence electrons. The van der Waals surface area contributed by atoms with E-state index in [0.29, 0.717) is 65.1 Å².